The van der Waals surface area contributed by atoms with Gasteiger partial charge in [-0.25, -0.2) is 0 Å². The normalized spacial score (nSPS) is 9.95. The molecule has 0 aliphatic heterocycles. The molecule has 0 unspecified atom stereocenters. The van der Waals surface area contributed by atoms with Crippen LogP contribution in [0.4, 0.5) is 0 Å². The first-order valence-electron chi connectivity index (χ1n) is 16.2. The van der Waals surface area contributed by atoms with Crippen molar-refractivity contribution in [1.82, 2.24) is 0 Å². The molecule has 0 aromatic rings. The molecule has 0 rings (SSSR count). The Morgan fingerprint density at radius 1 is 0.351 bits per heavy atom. The molecule has 0 aromatic heterocycles. The first-order chi connectivity index (χ1) is 16.8. The Morgan fingerprint density at radius 3 is 0.811 bits per heavy atom. The predicted octanol–water partition coefficient (Wildman–Crippen LogP) is 10.7. The van der Waals surface area contributed by atoms with Crippen LogP contribution in [0.2, 0.25) is 17.7 Å². The van der Waals surface area contributed by atoms with Gasteiger partial charge in [0.25, 0.3) is 0 Å². The third-order valence-corrected chi connectivity index (χ3v) is 17.3. The zero-order valence-electron chi connectivity index (χ0n) is 26.2. The zero-order chi connectivity index (χ0) is 25.4. The van der Waals surface area contributed by atoms with Crippen molar-refractivity contribution in [3.8, 4) is 0 Å². The van der Waals surface area contributed by atoms with Crippen molar-refractivity contribution in [3.05, 3.63) is 0 Å². The van der Waals surface area contributed by atoms with Crippen molar-refractivity contribution in [3.63, 3.8) is 0 Å². The largest absolute Gasteiger partial charge is 2.00 e. The fraction of sp³-hybridized carbons (Fsp3) is 1.00. The quantitative estimate of drug-likeness (QED) is 0.0592. The summed E-state index contributed by atoms with van der Waals surface area (Å²) in [5, 5.41) is 0. The van der Waals surface area contributed by atoms with Gasteiger partial charge in [0.15, 0.2) is 0 Å². The third-order valence-electron chi connectivity index (χ3n) is 7.18. The average Bonchev–Trinajstić information content (AvgIpc) is 2.85. The van der Waals surface area contributed by atoms with Crippen LogP contribution in [0.25, 0.3) is 0 Å². The predicted molar refractivity (Wildman–Crippen MR) is 172 cm³/mol. The molecular weight excluding hydrogens is 670 g/mol. The molecule has 226 valence electrons. The molecule has 0 aromatic carbocycles. The maximum atomic E-state index is 2.33. The summed E-state index contributed by atoms with van der Waals surface area (Å²) in [7, 11) is 0. The first kappa shape index (κ1) is 48.2. The van der Waals surface area contributed by atoms with Crippen molar-refractivity contribution < 1.29 is 16.4 Å². The standard InChI is InChI=1S/4C8H17.2H2O.O.2Sn/c4*1-3-5-7-8-6-4-2;;;;;/h4*1,3-8H2,2H3;2*1H2;;;/q;;;;;;-2;2*+1. The van der Waals surface area contributed by atoms with Gasteiger partial charge >= 0.3 is 242 Å². The van der Waals surface area contributed by atoms with Crippen molar-refractivity contribution in [2.75, 3.05) is 0 Å². The molecule has 0 saturated carbocycles. The van der Waals surface area contributed by atoms with Gasteiger partial charge in [-0.2, -0.15) is 0 Å². The molecule has 0 heterocycles. The minimum absolute atomic E-state index is 0. The SMILES string of the molecule is CCCCCCC[CH2][Sn+].CCCCCCC[CH2][Sn+]([CH2]CCCCCCC)[CH2]CCCCCCC.O.O.[O-2]. The van der Waals surface area contributed by atoms with E-state index in [1.54, 1.807) is 55.1 Å². The summed E-state index contributed by atoms with van der Waals surface area (Å²) < 4.78 is 6.62. The van der Waals surface area contributed by atoms with Gasteiger partial charge in [-0.1, -0.05) is 0 Å². The average molecular weight is 742 g/mol. The van der Waals surface area contributed by atoms with E-state index in [1.165, 1.54) is 139 Å². The van der Waals surface area contributed by atoms with Crippen LogP contribution in [0.5, 0.6) is 0 Å². The molecule has 4 N–H and O–H groups in total. The van der Waals surface area contributed by atoms with E-state index in [2.05, 4.69) is 27.7 Å². The van der Waals surface area contributed by atoms with Crippen molar-refractivity contribution in [2.24, 2.45) is 0 Å². The Hall–Kier alpha value is 1.48. The van der Waals surface area contributed by atoms with E-state index in [-0.39, 0.29) is 16.4 Å². The van der Waals surface area contributed by atoms with Gasteiger partial charge in [-0.3, -0.25) is 0 Å². The molecule has 0 saturated heterocycles. The van der Waals surface area contributed by atoms with Crippen molar-refractivity contribution in [2.45, 2.75) is 200 Å². The number of unbranched alkanes of at least 4 members (excludes halogenated alkanes) is 20. The van der Waals surface area contributed by atoms with E-state index in [0.29, 0.717) is 0 Å². The number of hydrogen-bond acceptors (Lipinski definition) is 0. The van der Waals surface area contributed by atoms with Crippen LogP contribution in [0.1, 0.15) is 182 Å². The van der Waals surface area contributed by atoms with Gasteiger partial charge in [0, 0.05) is 0 Å². The second-order valence-electron chi connectivity index (χ2n) is 10.8. The molecule has 0 atom stereocenters. The van der Waals surface area contributed by atoms with Crippen LogP contribution in [0.3, 0.4) is 0 Å². The molecule has 0 spiro atoms. The van der Waals surface area contributed by atoms with Gasteiger partial charge < -0.3 is 16.4 Å². The molecule has 5 heteroatoms. The van der Waals surface area contributed by atoms with Crippen LogP contribution in [-0.4, -0.2) is 53.2 Å². The van der Waals surface area contributed by atoms with Crippen molar-refractivity contribution >= 4 is 42.3 Å². The smallest absolute Gasteiger partial charge is 0.412 e. The zero-order valence-corrected chi connectivity index (χ0v) is 31.9. The van der Waals surface area contributed by atoms with E-state index in [4.69, 9.17) is 0 Å². The van der Waals surface area contributed by atoms with Crippen molar-refractivity contribution in [1.29, 1.82) is 0 Å². The topological polar surface area (TPSA) is 91.5 Å². The third kappa shape index (κ3) is 47.6. The minimum atomic E-state index is -1.02. The molecule has 3 nitrogen and oxygen atoms in total. The second-order valence-corrected chi connectivity index (χ2v) is 20.8. The number of rotatable bonds is 27. The molecule has 0 aliphatic carbocycles. The summed E-state index contributed by atoms with van der Waals surface area (Å²) in [5.74, 6) is 0. The minimum Gasteiger partial charge on any atom is -2.00 e. The van der Waals surface area contributed by atoms with E-state index in [1.807, 2.05) is 0 Å². The van der Waals surface area contributed by atoms with Gasteiger partial charge in [-0.05, 0) is 0 Å². The Balaban J connectivity index is -0.000000244. The Bertz CT molecular complexity index is 289. The molecular formula is C32H72O3Sn2. The summed E-state index contributed by atoms with van der Waals surface area (Å²) >= 11 is 0.694. The number of hydrogen-bond donors (Lipinski definition) is 0. The summed E-state index contributed by atoms with van der Waals surface area (Å²) in [6.45, 7) is 9.25. The summed E-state index contributed by atoms with van der Waals surface area (Å²) in [6, 6.07) is 0. The van der Waals surface area contributed by atoms with E-state index in [9.17, 15) is 0 Å². The second kappa shape index (κ2) is 47.3. The Kier molecular flexibility index (Phi) is 61.6. The fourth-order valence-electron chi connectivity index (χ4n) is 4.75. The van der Waals surface area contributed by atoms with E-state index < -0.39 is 19.8 Å². The maximum Gasteiger partial charge on any atom is -0.412 e. The Labute approximate surface area is 256 Å². The molecule has 0 fully saturated rings. The van der Waals surface area contributed by atoms with E-state index >= 15 is 0 Å². The first-order valence-corrected chi connectivity index (χ1v) is 24.3. The van der Waals surface area contributed by atoms with Gasteiger partial charge in [0.05, 0.1) is 0 Å². The molecule has 0 aliphatic rings. The fourth-order valence-corrected chi connectivity index (χ4v) is 14.0. The van der Waals surface area contributed by atoms with Gasteiger partial charge in [-0.15, -0.1) is 0 Å². The molecule has 0 bridgehead atoms. The molecule has 0 amide bonds. The summed E-state index contributed by atoms with van der Waals surface area (Å²) in [5.41, 5.74) is 0. The van der Waals surface area contributed by atoms with Crippen LogP contribution in [-0.2, 0) is 5.48 Å². The molecule has 2 radical (unpaired) electrons. The van der Waals surface area contributed by atoms with Crippen LogP contribution in [0, 0.1) is 0 Å². The monoisotopic (exact) mass is 744 g/mol. The Morgan fingerprint density at radius 2 is 0.568 bits per heavy atom. The summed E-state index contributed by atoms with van der Waals surface area (Å²) in [4.78, 5) is 0. The van der Waals surface area contributed by atoms with Gasteiger partial charge in [0.1, 0.15) is 0 Å². The van der Waals surface area contributed by atoms with Crippen LogP contribution in [0.15, 0.2) is 0 Å². The molecule has 37 heavy (non-hydrogen) atoms. The van der Waals surface area contributed by atoms with Gasteiger partial charge in [0.2, 0.25) is 0 Å². The van der Waals surface area contributed by atoms with E-state index in [0.717, 1.165) is 0 Å². The van der Waals surface area contributed by atoms with Crippen LogP contribution < -0.4 is 0 Å². The van der Waals surface area contributed by atoms with Crippen LogP contribution >= 0.6 is 0 Å². The maximum absolute atomic E-state index is 2.33. The summed E-state index contributed by atoms with van der Waals surface area (Å²) in [6.07, 6.45) is 35.6.